The molecular formula is C16H16N2O. The maximum absolute atomic E-state index is 12.0. The first kappa shape index (κ1) is 11.9. The molecule has 1 saturated carbocycles. The Hall–Kier alpha value is -2.16. The van der Waals surface area contributed by atoms with Gasteiger partial charge in [-0.2, -0.15) is 0 Å². The molecule has 3 nitrogen and oxygen atoms in total. The first-order valence-electron chi connectivity index (χ1n) is 6.58. The second kappa shape index (κ2) is 4.84. The minimum Gasteiger partial charge on any atom is -0.307 e. The summed E-state index contributed by atoms with van der Waals surface area (Å²) in [5.41, 5.74) is 2.99. The van der Waals surface area contributed by atoms with Crippen molar-refractivity contribution in [1.29, 1.82) is 0 Å². The highest BCUT2D eigenvalue weighted by molar-refractivity contribution is 6.03. The molecule has 3 heteroatoms. The van der Waals surface area contributed by atoms with E-state index in [1.54, 1.807) is 12.1 Å². The van der Waals surface area contributed by atoms with Gasteiger partial charge in [0.2, 0.25) is 0 Å². The quantitative estimate of drug-likeness (QED) is 0.908. The molecule has 1 fully saturated rings. The van der Waals surface area contributed by atoms with Crippen LogP contribution < -0.4 is 5.32 Å². The van der Waals surface area contributed by atoms with E-state index in [-0.39, 0.29) is 5.91 Å². The van der Waals surface area contributed by atoms with Crippen LogP contribution in [0.1, 0.15) is 40.4 Å². The van der Waals surface area contributed by atoms with Gasteiger partial charge >= 0.3 is 0 Å². The van der Waals surface area contributed by atoms with E-state index in [0.717, 1.165) is 5.69 Å². The first-order valence-corrected chi connectivity index (χ1v) is 6.58. The van der Waals surface area contributed by atoms with Crippen LogP contribution in [0.15, 0.2) is 42.5 Å². The van der Waals surface area contributed by atoms with Crippen LogP contribution in [0, 0.1) is 6.92 Å². The third kappa shape index (κ3) is 2.65. The molecule has 1 heterocycles. The molecule has 3 rings (SSSR count). The molecule has 2 aromatic rings. The molecule has 0 unspecified atom stereocenters. The van der Waals surface area contributed by atoms with Crippen LogP contribution in [0.2, 0.25) is 0 Å². The van der Waals surface area contributed by atoms with Crippen molar-refractivity contribution in [2.24, 2.45) is 0 Å². The van der Waals surface area contributed by atoms with Gasteiger partial charge in [-0.1, -0.05) is 24.3 Å². The van der Waals surface area contributed by atoms with Crippen LogP contribution in [0.3, 0.4) is 0 Å². The number of benzene rings is 1. The van der Waals surface area contributed by atoms with Gasteiger partial charge < -0.3 is 5.32 Å². The summed E-state index contributed by atoms with van der Waals surface area (Å²) in [4.78, 5) is 16.6. The van der Waals surface area contributed by atoms with Gasteiger partial charge in [-0.05, 0) is 43.5 Å². The summed E-state index contributed by atoms with van der Waals surface area (Å²) >= 11 is 0. The number of rotatable bonds is 3. The van der Waals surface area contributed by atoms with Crippen molar-refractivity contribution in [2.75, 3.05) is 5.32 Å². The standard InChI is InChI=1S/C16H16N2O/c1-11-7-10-14(17-15(11)12-8-9-12)18-16(19)13-5-3-2-4-6-13/h2-7,10,12H,8-9H2,1H3,(H,17,18,19). The van der Waals surface area contributed by atoms with E-state index >= 15 is 0 Å². The number of hydrogen-bond donors (Lipinski definition) is 1. The lowest BCUT2D eigenvalue weighted by molar-refractivity contribution is 0.102. The van der Waals surface area contributed by atoms with Crippen molar-refractivity contribution in [3.8, 4) is 0 Å². The summed E-state index contributed by atoms with van der Waals surface area (Å²) < 4.78 is 0. The maximum Gasteiger partial charge on any atom is 0.256 e. The zero-order chi connectivity index (χ0) is 13.2. The van der Waals surface area contributed by atoms with Gasteiger partial charge in [0.05, 0.1) is 0 Å². The fourth-order valence-electron chi connectivity index (χ4n) is 2.16. The number of pyridine rings is 1. The number of carbonyl (C=O) groups excluding carboxylic acids is 1. The van der Waals surface area contributed by atoms with E-state index in [1.807, 2.05) is 30.3 Å². The van der Waals surface area contributed by atoms with Crippen LogP contribution in [-0.4, -0.2) is 10.9 Å². The summed E-state index contributed by atoms with van der Waals surface area (Å²) in [5, 5.41) is 2.86. The Morgan fingerprint density at radius 1 is 1.16 bits per heavy atom. The van der Waals surface area contributed by atoms with E-state index in [2.05, 4.69) is 17.2 Å². The number of amides is 1. The fourth-order valence-corrected chi connectivity index (χ4v) is 2.16. The van der Waals surface area contributed by atoms with Gasteiger partial charge in [-0.15, -0.1) is 0 Å². The summed E-state index contributed by atoms with van der Waals surface area (Å²) in [7, 11) is 0. The molecular weight excluding hydrogens is 236 g/mol. The number of aryl methyl sites for hydroxylation is 1. The highest BCUT2D eigenvalue weighted by Gasteiger charge is 2.26. The van der Waals surface area contributed by atoms with Gasteiger partial charge in [0.15, 0.2) is 0 Å². The van der Waals surface area contributed by atoms with Gasteiger partial charge in [-0.25, -0.2) is 4.98 Å². The number of anilines is 1. The third-order valence-electron chi connectivity index (χ3n) is 3.38. The lowest BCUT2D eigenvalue weighted by Gasteiger charge is -2.08. The Kier molecular flexibility index (Phi) is 3.03. The largest absolute Gasteiger partial charge is 0.307 e. The van der Waals surface area contributed by atoms with E-state index in [1.165, 1.54) is 18.4 Å². The van der Waals surface area contributed by atoms with Gasteiger partial charge in [0.25, 0.3) is 5.91 Å². The predicted molar refractivity (Wildman–Crippen MR) is 75.3 cm³/mol. The molecule has 0 radical (unpaired) electrons. The second-order valence-corrected chi connectivity index (χ2v) is 4.99. The lowest BCUT2D eigenvalue weighted by Crippen LogP contribution is -2.13. The summed E-state index contributed by atoms with van der Waals surface area (Å²) in [5.74, 6) is 1.12. The number of aromatic nitrogens is 1. The van der Waals surface area contributed by atoms with Crippen LogP contribution >= 0.6 is 0 Å². The van der Waals surface area contributed by atoms with Crippen molar-refractivity contribution in [2.45, 2.75) is 25.7 Å². The van der Waals surface area contributed by atoms with Crippen LogP contribution in [0.25, 0.3) is 0 Å². The highest BCUT2D eigenvalue weighted by atomic mass is 16.1. The van der Waals surface area contributed by atoms with Crippen LogP contribution in [0.4, 0.5) is 5.82 Å². The van der Waals surface area contributed by atoms with E-state index in [4.69, 9.17) is 0 Å². The molecule has 0 atom stereocenters. The van der Waals surface area contributed by atoms with Crippen molar-refractivity contribution in [3.05, 3.63) is 59.3 Å². The molecule has 0 bridgehead atoms. The van der Waals surface area contributed by atoms with Crippen LogP contribution in [0.5, 0.6) is 0 Å². The van der Waals surface area contributed by atoms with E-state index in [9.17, 15) is 4.79 Å². The summed E-state index contributed by atoms with van der Waals surface area (Å²) in [6.07, 6.45) is 2.42. The SMILES string of the molecule is Cc1ccc(NC(=O)c2ccccc2)nc1C1CC1. The summed E-state index contributed by atoms with van der Waals surface area (Å²) in [6, 6.07) is 13.1. The minimum atomic E-state index is -0.112. The normalized spacial score (nSPS) is 14.2. The van der Waals surface area contributed by atoms with Crippen LogP contribution in [-0.2, 0) is 0 Å². The van der Waals surface area contributed by atoms with Gasteiger partial charge in [0.1, 0.15) is 5.82 Å². The minimum absolute atomic E-state index is 0.112. The topological polar surface area (TPSA) is 42.0 Å². The molecule has 0 saturated heterocycles. The Labute approximate surface area is 112 Å². The second-order valence-electron chi connectivity index (χ2n) is 4.99. The molecule has 19 heavy (non-hydrogen) atoms. The molecule has 1 aliphatic carbocycles. The Bertz CT molecular complexity index is 603. The highest BCUT2D eigenvalue weighted by Crippen LogP contribution is 2.40. The van der Waals surface area contributed by atoms with Crippen molar-refractivity contribution in [1.82, 2.24) is 4.98 Å². The molecule has 1 aromatic heterocycles. The average molecular weight is 252 g/mol. The van der Waals surface area contributed by atoms with E-state index < -0.39 is 0 Å². The molecule has 1 aliphatic rings. The molecule has 96 valence electrons. The summed E-state index contributed by atoms with van der Waals surface area (Å²) in [6.45, 7) is 2.07. The van der Waals surface area contributed by atoms with Gasteiger partial charge in [-0.3, -0.25) is 4.79 Å². The number of hydrogen-bond acceptors (Lipinski definition) is 2. The molecule has 1 amide bonds. The fraction of sp³-hybridized carbons (Fsp3) is 0.250. The molecule has 1 aromatic carbocycles. The Morgan fingerprint density at radius 3 is 2.58 bits per heavy atom. The molecule has 0 spiro atoms. The molecule has 0 aliphatic heterocycles. The Balaban J connectivity index is 1.80. The zero-order valence-corrected chi connectivity index (χ0v) is 10.9. The third-order valence-corrected chi connectivity index (χ3v) is 3.38. The lowest BCUT2D eigenvalue weighted by atomic mass is 10.1. The average Bonchev–Trinajstić information content (AvgIpc) is 3.26. The maximum atomic E-state index is 12.0. The van der Waals surface area contributed by atoms with Gasteiger partial charge in [0, 0.05) is 17.2 Å². The number of carbonyl (C=O) groups is 1. The van der Waals surface area contributed by atoms with E-state index in [0.29, 0.717) is 17.3 Å². The zero-order valence-electron chi connectivity index (χ0n) is 10.9. The number of nitrogens with zero attached hydrogens (tertiary/aromatic N) is 1. The monoisotopic (exact) mass is 252 g/mol. The predicted octanol–water partition coefficient (Wildman–Crippen LogP) is 3.52. The Morgan fingerprint density at radius 2 is 1.89 bits per heavy atom. The van der Waals surface area contributed by atoms with Crippen molar-refractivity contribution in [3.63, 3.8) is 0 Å². The first-order chi connectivity index (χ1) is 9.24. The number of nitrogens with one attached hydrogen (secondary N) is 1. The molecule has 1 N–H and O–H groups in total. The van der Waals surface area contributed by atoms with Crippen molar-refractivity contribution < 1.29 is 4.79 Å². The smallest absolute Gasteiger partial charge is 0.256 e. The van der Waals surface area contributed by atoms with Crippen molar-refractivity contribution >= 4 is 11.7 Å².